The highest BCUT2D eigenvalue weighted by atomic mass is 16.3. The standard InChI is InChI=1S/C4H11NO.C4H8O/c1-4(6)5(2)3;1-3-4(2)5/h4,6H,1-3H3;3H2,1-2H3. The quantitative estimate of drug-likeness (QED) is 0.611. The van der Waals surface area contributed by atoms with Gasteiger partial charge in [0.15, 0.2) is 0 Å². The molecule has 0 rings (SSSR count). The maximum Gasteiger partial charge on any atom is 0.129 e. The molecule has 0 spiro atoms. The number of nitrogens with zero attached hydrogens (tertiary/aromatic N) is 1. The molecule has 0 aromatic rings. The summed E-state index contributed by atoms with van der Waals surface area (Å²) in [4.78, 5) is 11.5. The molecule has 0 amide bonds. The first kappa shape index (κ1) is 13.2. The van der Waals surface area contributed by atoms with E-state index in [0.717, 1.165) is 0 Å². The number of rotatable bonds is 2. The molecule has 1 atom stereocenters. The van der Waals surface area contributed by atoms with Crippen molar-refractivity contribution in [3.05, 3.63) is 0 Å². The highest BCUT2D eigenvalue weighted by Crippen LogP contribution is 1.79. The Kier molecular flexibility index (Phi) is 9.23. The van der Waals surface area contributed by atoms with Gasteiger partial charge in [-0.15, -0.1) is 0 Å². The largest absolute Gasteiger partial charge is 0.379 e. The van der Waals surface area contributed by atoms with E-state index in [4.69, 9.17) is 5.11 Å². The van der Waals surface area contributed by atoms with Crippen LogP contribution in [0.2, 0.25) is 0 Å². The summed E-state index contributed by atoms with van der Waals surface area (Å²) in [6.45, 7) is 5.16. The zero-order valence-electron chi connectivity index (χ0n) is 8.09. The van der Waals surface area contributed by atoms with Gasteiger partial charge in [0.1, 0.15) is 12.0 Å². The number of Topliss-reactive ketones (excluding diaryl/α,β-unsaturated/α-hetero) is 1. The number of aliphatic hydroxyl groups excluding tert-OH is 1. The van der Waals surface area contributed by atoms with E-state index < -0.39 is 0 Å². The van der Waals surface area contributed by atoms with Crippen LogP contribution in [0.3, 0.4) is 0 Å². The van der Waals surface area contributed by atoms with Gasteiger partial charge in [-0.2, -0.15) is 0 Å². The highest BCUT2D eigenvalue weighted by molar-refractivity contribution is 5.74. The summed E-state index contributed by atoms with van der Waals surface area (Å²) in [7, 11) is 3.65. The van der Waals surface area contributed by atoms with Crippen molar-refractivity contribution in [3.63, 3.8) is 0 Å². The lowest BCUT2D eigenvalue weighted by Crippen LogP contribution is -2.23. The van der Waals surface area contributed by atoms with E-state index in [9.17, 15) is 4.79 Å². The third-order valence-corrected chi connectivity index (χ3v) is 1.25. The minimum absolute atomic E-state index is 0.255. The smallest absolute Gasteiger partial charge is 0.129 e. The molecule has 1 unspecified atom stereocenters. The van der Waals surface area contributed by atoms with Crippen molar-refractivity contribution in [1.82, 2.24) is 4.90 Å². The first-order valence-corrected chi connectivity index (χ1v) is 3.75. The SMILES string of the molecule is CC(O)N(C)C.CCC(C)=O. The molecule has 0 bridgehead atoms. The first-order valence-electron chi connectivity index (χ1n) is 3.75. The summed E-state index contributed by atoms with van der Waals surface area (Å²) in [6.07, 6.45) is 0.352. The van der Waals surface area contributed by atoms with Crippen LogP contribution in [0.1, 0.15) is 27.2 Å². The number of ketones is 1. The molecule has 0 fully saturated rings. The second-order valence-electron chi connectivity index (χ2n) is 2.65. The zero-order chi connectivity index (χ0) is 9.44. The first-order chi connectivity index (χ1) is 4.91. The van der Waals surface area contributed by atoms with E-state index in [1.807, 2.05) is 21.0 Å². The Bertz CT molecular complexity index is 94.3. The molecule has 3 nitrogen and oxygen atoms in total. The molecule has 3 heteroatoms. The second kappa shape index (κ2) is 7.69. The highest BCUT2D eigenvalue weighted by Gasteiger charge is 1.92. The normalized spacial score (nSPS) is 11.9. The van der Waals surface area contributed by atoms with Crippen LogP contribution in [0.5, 0.6) is 0 Å². The van der Waals surface area contributed by atoms with Gasteiger partial charge in [0.2, 0.25) is 0 Å². The molecule has 0 saturated heterocycles. The molecular formula is C8H19NO2. The Balaban J connectivity index is 0. The summed E-state index contributed by atoms with van der Waals surface area (Å²) in [5.74, 6) is 0.255. The predicted octanol–water partition coefficient (Wildman–Crippen LogP) is 0.872. The van der Waals surface area contributed by atoms with Crippen molar-refractivity contribution in [2.75, 3.05) is 14.1 Å². The van der Waals surface area contributed by atoms with Crippen LogP contribution in [-0.2, 0) is 4.79 Å². The van der Waals surface area contributed by atoms with E-state index in [-0.39, 0.29) is 12.0 Å². The van der Waals surface area contributed by atoms with Gasteiger partial charge in [0, 0.05) is 6.42 Å². The summed E-state index contributed by atoms with van der Waals surface area (Å²) in [5.41, 5.74) is 0. The molecule has 0 aliphatic heterocycles. The van der Waals surface area contributed by atoms with Crippen LogP contribution in [0, 0.1) is 0 Å². The lowest BCUT2D eigenvalue weighted by molar-refractivity contribution is -0.116. The van der Waals surface area contributed by atoms with Crippen LogP contribution >= 0.6 is 0 Å². The summed E-state index contributed by atoms with van der Waals surface area (Å²) in [5, 5.41) is 8.56. The van der Waals surface area contributed by atoms with Crippen molar-refractivity contribution in [3.8, 4) is 0 Å². The molecule has 0 heterocycles. The summed E-state index contributed by atoms with van der Waals surface area (Å²) < 4.78 is 0. The predicted molar refractivity (Wildman–Crippen MR) is 46.3 cm³/mol. The third-order valence-electron chi connectivity index (χ3n) is 1.25. The number of aliphatic hydroxyl groups is 1. The molecule has 1 N–H and O–H groups in total. The fourth-order valence-corrected chi connectivity index (χ4v) is 0. The topological polar surface area (TPSA) is 40.5 Å². The van der Waals surface area contributed by atoms with Gasteiger partial charge in [-0.05, 0) is 27.9 Å². The fraction of sp³-hybridized carbons (Fsp3) is 0.875. The number of carbonyl (C=O) groups excluding carboxylic acids is 1. The molecule has 0 aromatic carbocycles. The van der Waals surface area contributed by atoms with Gasteiger partial charge in [0.25, 0.3) is 0 Å². The van der Waals surface area contributed by atoms with Gasteiger partial charge in [-0.25, -0.2) is 0 Å². The maximum atomic E-state index is 9.81. The van der Waals surface area contributed by atoms with Gasteiger partial charge < -0.3 is 9.90 Å². The van der Waals surface area contributed by atoms with Crippen LogP contribution in [0.25, 0.3) is 0 Å². The molecule has 11 heavy (non-hydrogen) atoms. The van der Waals surface area contributed by atoms with Crippen molar-refractivity contribution in [2.45, 2.75) is 33.4 Å². The van der Waals surface area contributed by atoms with Crippen molar-refractivity contribution >= 4 is 5.78 Å². The number of hydrogen-bond acceptors (Lipinski definition) is 3. The van der Waals surface area contributed by atoms with E-state index >= 15 is 0 Å². The minimum Gasteiger partial charge on any atom is -0.379 e. The molecule has 0 aliphatic carbocycles. The third kappa shape index (κ3) is 17.7. The Morgan fingerprint density at radius 3 is 1.73 bits per heavy atom. The Morgan fingerprint density at radius 2 is 1.73 bits per heavy atom. The Hall–Kier alpha value is -0.410. The lowest BCUT2D eigenvalue weighted by atomic mass is 10.4. The molecule has 0 aromatic heterocycles. The van der Waals surface area contributed by atoms with E-state index in [1.165, 1.54) is 0 Å². The Labute approximate surface area is 69.0 Å². The lowest BCUT2D eigenvalue weighted by Gasteiger charge is -2.11. The summed E-state index contributed by atoms with van der Waals surface area (Å²) >= 11 is 0. The molecule has 0 saturated carbocycles. The monoisotopic (exact) mass is 161 g/mol. The average molecular weight is 161 g/mol. The van der Waals surface area contributed by atoms with Crippen molar-refractivity contribution < 1.29 is 9.90 Å². The molecular weight excluding hydrogens is 142 g/mol. The fourth-order valence-electron chi connectivity index (χ4n) is 0. The van der Waals surface area contributed by atoms with E-state index in [0.29, 0.717) is 6.42 Å². The molecule has 0 radical (unpaired) electrons. The summed E-state index contributed by atoms with van der Waals surface area (Å²) in [6, 6.07) is 0. The van der Waals surface area contributed by atoms with Crippen LogP contribution in [0.15, 0.2) is 0 Å². The van der Waals surface area contributed by atoms with Crippen molar-refractivity contribution in [2.24, 2.45) is 0 Å². The van der Waals surface area contributed by atoms with Gasteiger partial charge >= 0.3 is 0 Å². The van der Waals surface area contributed by atoms with Gasteiger partial charge in [-0.1, -0.05) is 6.92 Å². The van der Waals surface area contributed by atoms with Gasteiger partial charge in [0.05, 0.1) is 0 Å². The number of carbonyl (C=O) groups is 1. The van der Waals surface area contributed by atoms with E-state index in [1.54, 1.807) is 18.7 Å². The van der Waals surface area contributed by atoms with Gasteiger partial charge in [-0.3, -0.25) is 4.90 Å². The molecule has 0 aliphatic rings. The van der Waals surface area contributed by atoms with Crippen LogP contribution in [0.4, 0.5) is 0 Å². The minimum atomic E-state index is -0.315. The number of hydrogen-bond donors (Lipinski definition) is 1. The zero-order valence-corrected chi connectivity index (χ0v) is 8.09. The average Bonchev–Trinajstić information content (AvgIpc) is 1.89. The Morgan fingerprint density at radius 1 is 1.55 bits per heavy atom. The van der Waals surface area contributed by atoms with Crippen LogP contribution < -0.4 is 0 Å². The second-order valence-corrected chi connectivity index (χ2v) is 2.65. The molecule has 68 valence electrons. The van der Waals surface area contributed by atoms with E-state index in [2.05, 4.69) is 0 Å². The van der Waals surface area contributed by atoms with Crippen molar-refractivity contribution in [1.29, 1.82) is 0 Å². The maximum absolute atomic E-state index is 9.81. The van der Waals surface area contributed by atoms with Crippen LogP contribution in [-0.4, -0.2) is 36.1 Å².